The Morgan fingerprint density at radius 3 is 1.71 bits per heavy atom. The van der Waals surface area contributed by atoms with Gasteiger partial charge in [-0.1, -0.05) is 32.1 Å². The maximum atomic E-state index is 12.9. The lowest BCUT2D eigenvalue weighted by Crippen LogP contribution is -2.30. The smallest absolute Gasteiger partial charge is 0.303 e. The third kappa shape index (κ3) is 4.31. The van der Waals surface area contributed by atoms with Gasteiger partial charge in [0.1, 0.15) is 0 Å². The first-order valence-electron chi connectivity index (χ1n) is 8.57. The van der Waals surface area contributed by atoms with Crippen LogP contribution in [0.25, 0.3) is 0 Å². The van der Waals surface area contributed by atoms with Crippen molar-refractivity contribution in [2.45, 2.75) is 63.9 Å². The van der Waals surface area contributed by atoms with Gasteiger partial charge in [-0.2, -0.15) is 0 Å². The molecule has 0 N–H and O–H groups in total. The molecule has 5 heteroatoms. The summed E-state index contributed by atoms with van der Waals surface area (Å²) in [6, 6.07) is 0. The van der Waals surface area contributed by atoms with E-state index in [9.17, 15) is 4.57 Å². The van der Waals surface area contributed by atoms with Crippen molar-refractivity contribution in [3.05, 3.63) is 0 Å². The van der Waals surface area contributed by atoms with E-state index in [1.807, 2.05) is 28.2 Å². The van der Waals surface area contributed by atoms with Gasteiger partial charge in [0.05, 0.1) is 6.10 Å². The predicted octanol–water partition coefficient (Wildman–Crippen LogP) is 4.37. The predicted molar refractivity (Wildman–Crippen MR) is 88.4 cm³/mol. The molecule has 124 valence electrons. The van der Waals surface area contributed by atoms with E-state index in [2.05, 4.69) is 0 Å². The Hall–Kier alpha value is 0.110. The molecule has 2 rings (SSSR count). The molecule has 2 aliphatic carbocycles. The third-order valence-electron chi connectivity index (χ3n) is 5.33. The molecule has 0 atom stereocenters. The Bertz CT molecular complexity index is 347. The summed E-state index contributed by atoms with van der Waals surface area (Å²) in [5.41, 5.74) is 0. The lowest BCUT2D eigenvalue weighted by atomic mass is 9.73. The van der Waals surface area contributed by atoms with Gasteiger partial charge in [-0.25, -0.2) is 9.34 Å². The molecule has 2 fully saturated rings. The minimum absolute atomic E-state index is 0.167. The average Bonchev–Trinajstić information content (AvgIpc) is 2.48. The van der Waals surface area contributed by atoms with Gasteiger partial charge in [0.15, 0.2) is 0 Å². The first kappa shape index (κ1) is 17.5. The van der Waals surface area contributed by atoms with E-state index in [1.165, 1.54) is 44.9 Å². The summed E-state index contributed by atoms with van der Waals surface area (Å²) >= 11 is 0. The summed E-state index contributed by atoms with van der Waals surface area (Å²) in [5, 5.41) is 0. The molecule has 2 aliphatic rings. The van der Waals surface area contributed by atoms with Crippen LogP contribution in [0.2, 0.25) is 0 Å². The number of nitrogens with zero attached hydrogens (tertiary/aromatic N) is 2. The SMILES string of the molecule is CN(C)P(=O)(OC1CCC(C2CCCCC2)CC1)N(C)C. The van der Waals surface area contributed by atoms with Gasteiger partial charge in [0, 0.05) is 0 Å². The van der Waals surface area contributed by atoms with Crippen molar-refractivity contribution in [1.82, 2.24) is 9.34 Å². The second-order valence-electron chi connectivity index (χ2n) is 7.23. The van der Waals surface area contributed by atoms with E-state index in [0.717, 1.165) is 24.7 Å². The molecule has 0 heterocycles. The van der Waals surface area contributed by atoms with Crippen LogP contribution in [0.5, 0.6) is 0 Å². The van der Waals surface area contributed by atoms with Gasteiger partial charge in [-0.15, -0.1) is 0 Å². The van der Waals surface area contributed by atoms with Crippen molar-refractivity contribution in [3.8, 4) is 0 Å². The van der Waals surface area contributed by atoms with Crippen LogP contribution < -0.4 is 0 Å². The van der Waals surface area contributed by atoms with Gasteiger partial charge in [-0.3, -0.25) is 4.57 Å². The molecular weight excluding hydrogens is 283 g/mol. The van der Waals surface area contributed by atoms with Gasteiger partial charge >= 0.3 is 7.67 Å². The molecule has 2 saturated carbocycles. The molecule has 0 aromatic heterocycles. The Morgan fingerprint density at radius 1 is 0.762 bits per heavy atom. The summed E-state index contributed by atoms with van der Waals surface area (Å²) < 4.78 is 22.4. The second kappa shape index (κ2) is 7.59. The average molecular weight is 316 g/mol. The van der Waals surface area contributed by atoms with E-state index in [1.54, 1.807) is 9.34 Å². The second-order valence-corrected chi connectivity index (χ2v) is 10.0. The number of hydrogen-bond acceptors (Lipinski definition) is 2. The summed E-state index contributed by atoms with van der Waals surface area (Å²) in [6.07, 6.45) is 12.0. The minimum Gasteiger partial charge on any atom is -0.303 e. The summed E-state index contributed by atoms with van der Waals surface area (Å²) in [6.45, 7) is 0. The zero-order chi connectivity index (χ0) is 15.5. The third-order valence-corrected chi connectivity index (χ3v) is 7.93. The Kier molecular flexibility index (Phi) is 6.31. The molecule has 0 aliphatic heterocycles. The van der Waals surface area contributed by atoms with Crippen LogP contribution in [0.15, 0.2) is 0 Å². The van der Waals surface area contributed by atoms with Gasteiger partial charge in [-0.05, 0) is 65.7 Å². The summed E-state index contributed by atoms with van der Waals surface area (Å²) in [7, 11) is 4.55. The van der Waals surface area contributed by atoms with Gasteiger partial charge in [0.25, 0.3) is 0 Å². The molecule has 0 saturated heterocycles. The molecule has 0 bridgehead atoms. The first-order valence-corrected chi connectivity index (χ1v) is 10.1. The van der Waals surface area contributed by atoms with Crippen LogP contribution in [0.3, 0.4) is 0 Å². The molecule has 4 nitrogen and oxygen atoms in total. The fourth-order valence-electron chi connectivity index (χ4n) is 4.01. The van der Waals surface area contributed by atoms with E-state index in [4.69, 9.17) is 4.52 Å². The lowest BCUT2D eigenvalue weighted by molar-refractivity contribution is 0.0862. The van der Waals surface area contributed by atoms with Crippen LogP contribution in [-0.4, -0.2) is 43.6 Å². The molecule has 0 spiro atoms. The van der Waals surface area contributed by atoms with Crippen molar-refractivity contribution >= 4 is 7.67 Å². The fourth-order valence-corrected chi connectivity index (χ4v) is 5.70. The largest absolute Gasteiger partial charge is 0.345 e. The van der Waals surface area contributed by atoms with Crippen LogP contribution in [0, 0.1) is 11.8 Å². The maximum Gasteiger partial charge on any atom is 0.345 e. The monoisotopic (exact) mass is 316 g/mol. The van der Waals surface area contributed by atoms with Crippen LogP contribution >= 0.6 is 7.67 Å². The standard InChI is InChI=1S/C16H33N2O2P/c1-17(2)21(19,18(3)4)20-16-12-10-15(11-13-16)14-8-6-5-7-9-14/h14-16H,5-13H2,1-4H3. The first-order chi connectivity index (χ1) is 9.93. The highest BCUT2D eigenvalue weighted by Crippen LogP contribution is 2.53. The van der Waals surface area contributed by atoms with Crippen molar-refractivity contribution in [2.75, 3.05) is 28.2 Å². The zero-order valence-electron chi connectivity index (χ0n) is 14.3. The minimum atomic E-state index is -2.82. The van der Waals surface area contributed by atoms with Crippen LogP contribution in [-0.2, 0) is 9.09 Å². The Balaban J connectivity index is 1.84. The number of hydrogen-bond donors (Lipinski definition) is 0. The van der Waals surface area contributed by atoms with Gasteiger partial charge in [0.2, 0.25) is 0 Å². The topological polar surface area (TPSA) is 32.8 Å². The maximum absolute atomic E-state index is 12.9. The fraction of sp³-hybridized carbons (Fsp3) is 1.00. The summed E-state index contributed by atoms with van der Waals surface area (Å²) in [5.74, 6) is 1.84. The highest BCUT2D eigenvalue weighted by molar-refractivity contribution is 7.53. The molecule has 0 radical (unpaired) electrons. The summed E-state index contributed by atoms with van der Waals surface area (Å²) in [4.78, 5) is 0. The van der Waals surface area contributed by atoms with Crippen molar-refractivity contribution in [1.29, 1.82) is 0 Å². The molecule has 0 aromatic carbocycles. The Labute approximate surface area is 130 Å². The van der Waals surface area contributed by atoms with Gasteiger partial charge < -0.3 is 4.52 Å². The van der Waals surface area contributed by atoms with E-state index < -0.39 is 7.67 Å². The zero-order valence-corrected chi connectivity index (χ0v) is 15.1. The highest BCUT2D eigenvalue weighted by atomic mass is 31.2. The van der Waals surface area contributed by atoms with Crippen molar-refractivity contribution in [2.24, 2.45) is 11.8 Å². The van der Waals surface area contributed by atoms with Crippen molar-refractivity contribution < 1.29 is 9.09 Å². The number of rotatable bonds is 5. The van der Waals surface area contributed by atoms with Crippen LogP contribution in [0.4, 0.5) is 0 Å². The highest BCUT2D eigenvalue weighted by Gasteiger charge is 2.36. The molecule has 0 aromatic rings. The molecule has 0 amide bonds. The van der Waals surface area contributed by atoms with E-state index >= 15 is 0 Å². The van der Waals surface area contributed by atoms with E-state index in [0.29, 0.717) is 0 Å². The van der Waals surface area contributed by atoms with Crippen molar-refractivity contribution in [3.63, 3.8) is 0 Å². The lowest BCUT2D eigenvalue weighted by Gasteiger charge is -2.38. The molecular formula is C16H33N2O2P. The molecule has 21 heavy (non-hydrogen) atoms. The van der Waals surface area contributed by atoms with E-state index in [-0.39, 0.29) is 6.10 Å². The molecule has 0 unspecified atom stereocenters. The normalized spacial score (nSPS) is 29.2. The van der Waals surface area contributed by atoms with Crippen LogP contribution in [0.1, 0.15) is 57.8 Å². The Morgan fingerprint density at radius 2 is 1.24 bits per heavy atom. The quantitative estimate of drug-likeness (QED) is 0.705.